The number of likely N-dealkylation sites (tertiary alicyclic amines) is 1. The fourth-order valence-electron chi connectivity index (χ4n) is 2.72. The average molecular weight is 331 g/mol. The van der Waals surface area contributed by atoms with Gasteiger partial charge in [-0.3, -0.25) is 4.79 Å². The Morgan fingerprint density at radius 3 is 2.12 bits per heavy atom. The molecule has 0 atom stereocenters. The highest BCUT2D eigenvalue weighted by molar-refractivity contribution is 5.84. The van der Waals surface area contributed by atoms with Gasteiger partial charge >= 0.3 is 6.03 Å². The van der Waals surface area contributed by atoms with Crippen LogP contribution in [0.5, 0.6) is 0 Å². The van der Waals surface area contributed by atoms with E-state index in [1.165, 1.54) is 0 Å². The molecule has 7 heteroatoms. The van der Waals surface area contributed by atoms with Gasteiger partial charge in [0.2, 0.25) is 5.91 Å². The molecule has 0 aromatic carbocycles. The van der Waals surface area contributed by atoms with Gasteiger partial charge in [0.1, 0.15) is 11.5 Å². The number of rotatable bonds is 6. The third-order valence-corrected chi connectivity index (χ3v) is 3.99. The number of nitrogens with zero attached hydrogens (tertiary/aromatic N) is 2. The van der Waals surface area contributed by atoms with Gasteiger partial charge in [0.05, 0.1) is 32.2 Å². The second kappa shape index (κ2) is 7.72. The Kier molecular flexibility index (Phi) is 5.20. The van der Waals surface area contributed by atoms with Crippen molar-refractivity contribution in [1.29, 1.82) is 0 Å². The quantitative estimate of drug-likeness (QED) is 0.880. The van der Waals surface area contributed by atoms with Crippen LogP contribution in [0.3, 0.4) is 0 Å². The highest BCUT2D eigenvalue weighted by atomic mass is 16.3. The first-order valence-corrected chi connectivity index (χ1v) is 8.07. The summed E-state index contributed by atoms with van der Waals surface area (Å²) in [6, 6.07) is 6.83. The lowest BCUT2D eigenvalue weighted by molar-refractivity contribution is -0.129. The summed E-state index contributed by atoms with van der Waals surface area (Å²) in [6.45, 7) is 2.16. The van der Waals surface area contributed by atoms with Crippen LogP contribution >= 0.6 is 0 Å². The summed E-state index contributed by atoms with van der Waals surface area (Å²) in [6.07, 6.45) is 5.19. The normalized spacial score (nSPS) is 13.9. The van der Waals surface area contributed by atoms with E-state index in [1.54, 1.807) is 46.6 Å². The molecule has 0 saturated carbocycles. The van der Waals surface area contributed by atoms with Crippen LogP contribution in [0.1, 0.15) is 24.4 Å². The molecule has 3 rings (SSSR count). The Morgan fingerprint density at radius 1 is 1.04 bits per heavy atom. The molecule has 1 fully saturated rings. The second-order valence-corrected chi connectivity index (χ2v) is 5.76. The Hall–Kier alpha value is -2.70. The van der Waals surface area contributed by atoms with Gasteiger partial charge in [0.15, 0.2) is 0 Å². The molecule has 0 unspecified atom stereocenters. The van der Waals surface area contributed by atoms with Gasteiger partial charge < -0.3 is 24.0 Å². The number of hydrogen-bond acceptors (Lipinski definition) is 4. The monoisotopic (exact) mass is 331 g/mol. The SMILES string of the molecule is O=C(CNC(=O)N(Cc1ccco1)Cc1ccco1)N1CCCC1. The van der Waals surface area contributed by atoms with Crippen LogP contribution in [-0.2, 0) is 17.9 Å². The summed E-state index contributed by atoms with van der Waals surface area (Å²) in [5.74, 6) is 1.29. The van der Waals surface area contributed by atoms with Crippen LogP contribution in [0.15, 0.2) is 45.6 Å². The first kappa shape index (κ1) is 16.2. The first-order valence-electron chi connectivity index (χ1n) is 8.07. The number of amides is 3. The van der Waals surface area contributed by atoms with E-state index in [2.05, 4.69) is 5.32 Å². The van der Waals surface area contributed by atoms with Crippen molar-refractivity contribution in [3.05, 3.63) is 48.3 Å². The summed E-state index contributed by atoms with van der Waals surface area (Å²) in [5, 5.41) is 2.70. The summed E-state index contributed by atoms with van der Waals surface area (Å²) in [5.41, 5.74) is 0. The minimum Gasteiger partial charge on any atom is -0.467 e. The molecule has 7 nitrogen and oxygen atoms in total. The van der Waals surface area contributed by atoms with Crippen LogP contribution < -0.4 is 5.32 Å². The van der Waals surface area contributed by atoms with E-state index in [9.17, 15) is 9.59 Å². The van der Waals surface area contributed by atoms with Crippen molar-refractivity contribution in [3.63, 3.8) is 0 Å². The summed E-state index contributed by atoms with van der Waals surface area (Å²) < 4.78 is 10.6. The van der Waals surface area contributed by atoms with Crippen molar-refractivity contribution in [2.45, 2.75) is 25.9 Å². The Bertz CT molecular complexity index is 609. The maximum Gasteiger partial charge on any atom is 0.318 e. The number of carbonyl (C=O) groups excluding carboxylic acids is 2. The number of urea groups is 1. The van der Waals surface area contributed by atoms with E-state index >= 15 is 0 Å². The summed E-state index contributed by atoms with van der Waals surface area (Å²) >= 11 is 0. The van der Waals surface area contributed by atoms with E-state index in [-0.39, 0.29) is 18.5 Å². The Morgan fingerprint density at radius 2 is 1.62 bits per heavy atom. The van der Waals surface area contributed by atoms with Crippen molar-refractivity contribution < 1.29 is 18.4 Å². The molecule has 1 N–H and O–H groups in total. The predicted molar refractivity (Wildman–Crippen MR) is 85.9 cm³/mol. The number of nitrogens with one attached hydrogen (secondary N) is 1. The fourth-order valence-corrected chi connectivity index (χ4v) is 2.72. The predicted octanol–water partition coefficient (Wildman–Crippen LogP) is 2.21. The van der Waals surface area contributed by atoms with Crippen molar-refractivity contribution >= 4 is 11.9 Å². The van der Waals surface area contributed by atoms with Gasteiger partial charge in [-0.05, 0) is 37.1 Å². The second-order valence-electron chi connectivity index (χ2n) is 5.76. The molecule has 0 radical (unpaired) electrons. The van der Waals surface area contributed by atoms with Crippen molar-refractivity contribution in [1.82, 2.24) is 15.1 Å². The lowest BCUT2D eigenvalue weighted by Crippen LogP contribution is -2.44. The zero-order valence-corrected chi connectivity index (χ0v) is 13.4. The van der Waals surface area contributed by atoms with Gasteiger partial charge in [-0.15, -0.1) is 0 Å². The third kappa shape index (κ3) is 4.18. The van der Waals surface area contributed by atoms with E-state index in [4.69, 9.17) is 8.83 Å². The lowest BCUT2D eigenvalue weighted by Gasteiger charge is -2.22. The molecule has 1 aliphatic heterocycles. The Balaban J connectivity index is 1.58. The van der Waals surface area contributed by atoms with Crippen molar-refractivity contribution in [3.8, 4) is 0 Å². The van der Waals surface area contributed by atoms with Gasteiger partial charge in [0, 0.05) is 13.1 Å². The average Bonchev–Trinajstić information content (AvgIpc) is 3.33. The molecule has 1 saturated heterocycles. The van der Waals surface area contributed by atoms with Crippen LogP contribution in [0, 0.1) is 0 Å². The van der Waals surface area contributed by atoms with Crippen LogP contribution in [0.4, 0.5) is 4.79 Å². The largest absolute Gasteiger partial charge is 0.467 e. The van der Waals surface area contributed by atoms with Gasteiger partial charge in [-0.2, -0.15) is 0 Å². The molecule has 3 heterocycles. The van der Waals surface area contributed by atoms with E-state index in [0.29, 0.717) is 24.6 Å². The standard InChI is InChI=1S/C17H21N3O4/c21-16(19-7-1-2-8-19)11-18-17(22)20(12-14-5-3-9-23-14)13-15-6-4-10-24-15/h3-6,9-10H,1-2,7-8,11-13H2,(H,18,22). The summed E-state index contributed by atoms with van der Waals surface area (Å²) in [4.78, 5) is 27.9. The van der Waals surface area contributed by atoms with E-state index in [0.717, 1.165) is 25.9 Å². The fraction of sp³-hybridized carbons (Fsp3) is 0.412. The molecule has 24 heavy (non-hydrogen) atoms. The molecular formula is C17H21N3O4. The zero-order valence-electron chi connectivity index (χ0n) is 13.4. The molecule has 2 aromatic heterocycles. The van der Waals surface area contributed by atoms with Gasteiger partial charge in [-0.1, -0.05) is 0 Å². The molecule has 128 valence electrons. The molecule has 2 aromatic rings. The highest BCUT2D eigenvalue weighted by Crippen LogP contribution is 2.11. The van der Waals surface area contributed by atoms with Crippen LogP contribution in [-0.4, -0.2) is 41.4 Å². The van der Waals surface area contributed by atoms with Gasteiger partial charge in [-0.25, -0.2) is 4.79 Å². The van der Waals surface area contributed by atoms with Gasteiger partial charge in [0.25, 0.3) is 0 Å². The molecular weight excluding hydrogens is 310 g/mol. The minimum atomic E-state index is -0.324. The van der Waals surface area contributed by atoms with Crippen LogP contribution in [0.2, 0.25) is 0 Å². The third-order valence-electron chi connectivity index (χ3n) is 3.99. The Labute approximate surface area is 140 Å². The topological polar surface area (TPSA) is 78.9 Å². The molecule has 3 amide bonds. The number of carbonyl (C=O) groups is 2. The first-order chi connectivity index (χ1) is 11.7. The van der Waals surface area contributed by atoms with E-state index in [1.807, 2.05) is 0 Å². The van der Waals surface area contributed by atoms with Crippen molar-refractivity contribution in [2.75, 3.05) is 19.6 Å². The summed E-state index contributed by atoms with van der Waals surface area (Å²) in [7, 11) is 0. The maximum atomic E-state index is 12.5. The van der Waals surface area contributed by atoms with Crippen LogP contribution in [0.25, 0.3) is 0 Å². The lowest BCUT2D eigenvalue weighted by atomic mass is 10.3. The highest BCUT2D eigenvalue weighted by Gasteiger charge is 2.21. The smallest absolute Gasteiger partial charge is 0.318 e. The molecule has 0 aliphatic carbocycles. The minimum absolute atomic E-state index is 0.00560. The van der Waals surface area contributed by atoms with Crippen molar-refractivity contribution in [2.24, 2.45) is 0 Å². The number of hydrogen-bond donors (Lipinski definition) is 1. The molecule has 0 spiro atoms. The van der Waals surface area contributed by atoms with E-state index < -0.39 is 0 Å². The molecule has 1 aliphatic rings. The number of furan rings is 2. The maximum absolute atomic E-state index is 12.5. The molecule has 0 bridgehead atoms. The zero-order chi connectivity index (χ0) is 16.8.